The minimum atomic E-state index is 0.266. The Morgan fingerprint density at radius 2 is 1.00 bits per heavy atom. The van der Waals surface area contributed by atoms with E-state index in [4.69, 9.17) is 5.73 Å². The highest BCUT2D eigenvalue weighted by atomic mass is 14.8. The molecule has 2 heteroatoms. The zero-order chi connectivity index (χ0) is 17.7. The molecule has 130 valence electrons. The first kappa shape index (κ1) is 18.9. The zero-order valence-corrected chi connectivity index (χ0v) is 14.9. The van der Waals surface area contributed by atoms with E-state index in [-0.39, 0.29) is 6.04 Å². The van der Waals surface area contributed by atoms with Gasteiger partial charge >= 0.3 is 0 Å². The summed E-state index contributed by atoms with van der Waals surface area (Å²) >= 11 is 0. The predicted molar refractivity (Wildman–Crippen MR) is 107 cm³/mol. The first-order valence-corrected chi connectivity index (χ1v) is 8.82. The van der Waals surface area contributed by atoms with Gasteiger partial charge in [-0.2, -0.15) is 0 Å². The molecule has 0 aliphatic carbocycles. The highest BCUT2D eigenvalue weighted by Gasteiger charge is 1.94. The van der Waals surface area contributed by atoms with Crippen LogP contribution in [0.2, 0.25) is 0 Å². The van der Waals surface area contributed by atoms with E-state index in [1.165, 1.54) is 16.7 Å². The molecule has 3 rings (SSSR count). The van der Waals surface area contributed by atoms with Crippen LogP contribution in [0, 0.1) is 0 Å². The van der Waals surface area contributed by atoms with Gasteiger partial charge in [-0.1, -0.05) is 91.0 Å². The van der Waals surface area contributed by atoms with Crippen molar-refractivity contribution in [1.82, 2.24) is 5.32 Å². The predicted octanol–water partition coefficient (Wildman–Crippen LogP) is 4.55. The van der Waals surface area contributed by atoms with Crippen molar-refractivity contribution in [3.05, 3.63) is 108 Å². The summed E-state index contributed by atoms with van der Waals surface area (Å²) in [4.78, 5) is 0. The molecule has 25 heavy (non-hydrogen) atoms. The maximum absolute atomic E-state index is 5.62. The van der Waals surface area contributed by atoms with Gasteiger partial charge < -0.3 is 11.1 Å². The molecular weight excluding hydrogens is 304 g/mol. The molecule has 0 aliphatic rings. The van der Waals surface area contributed by atoms with Crippen molar-refractivity contribution in [2.45, 2.75) is 32.5 Å². The highest BCUT2D eigenvalue weighted by molar-refractivity contribution is 5.17. The van der Waals surface area contributed by atoms with E-state index >= 15 is 0 Å². The van der Waals surface area contributed by atoms with Gasteiger partial charge in [0.2, 0.25) is 0 Å². The van der Waals surface area contributed by atoms with Gasteiger partial charge in [-0.05, 0) is 30.0 Å². The molecule has 3 N–H and O–H groups in total. The molecule has 1 atom stereocenters. The fourth-order valence-electron chi connectivity index (χ4n) is 2.53. The summed E-state index contributed by atoms with van der Waals surface area (Å²) in [7, 11) is 0. The number of nitrogens with one attached hydrogen (secondary N) is 1. The Labute approximate surface area is 151 Å². The Balaban J connectivity index is 0.000000196. The Bertz CT molecular complexity index is 640. The second-order valence-corrected chi connectivity index (χ2v) is 6.24. The number of hydrogen-bond acceptors (Lipinski definition) is 2. The van der Waals surface area contributed by atoms with E-state index in [1.807, 2.05) is 37.3 Å². The van der Waals surface area contributed by atoms with Crippen molar-refractivity contribution in [2.24, 2.45) is 5.73 Å². The molecule has 0 aliphatic heterocycles. The molecule has 3 aromatic carbocycles. The van der Waals surface area contributed by atoms with Gasteiger partial charge in [-0.15, -0.1) is 0 Å². The fourth-order valence-corrected chi connectivity index (χ4v) is 2.53. The lowest BCUT2D eigenvalue weighted by atomic mass is 10.1. The maximum Gasteiger partial charge on any atom is 0.0208 e. The van der Waals surface area contributed by atoms with Gasteiger partial charge in [0.15, 0.2) is 0 Å². The zero-order valence-electron chi connectivity index (χ0n) is 14.9. The first-order chi connectivity index (χ1) is 12.2. The van der Waals surface area contributed by atoms with E-state index in [9.17, 15) is 0 Å². The van der Waals surface area contributed by atoms with E-state index < -0.39 is 0 Å². The van der Waals surface area contributed by atoms with Gasteiger partial charge in [0.1, 0.15) is 0 Å². The van der Waals surface area contributed by atoms with Crippen LogP contribution in [-0.4, -0.2) is 6.04 Å². The van der Waals surface area contributed by atoms with Crippen LogP contribution in [0.1, 0.15) is 23.6 Å². The third kappa shape index (κ3) is 8.30. The van der Waals surface area contributed by atoms with Crippen molar-refractivity contribution < 1.29 is 0 Å². The van der Waals surface area contributed by atoms with Gasteiger partial charge in [0.25, 0.3) is 0 Å². The van der Waals surface area contributed by atoms with Crippen LogP contribution in [-0.2, 0) is 19.5 Å². The summed E-state index contributed by atoms with van der Waals surface area (Å²) in [6.45, 7) is 3.87. The molecular formula is C23H28N2. The van der Waals surface area contributed by atoms with Crippen molar-refractivity contribution >= 4 is 0 Å². The van der Waals surface area contributed by atoms with Crippen LogP contribution in [0.15, 0.2) is 91.0 Å². The SMILES string of the molecule is CC(N)Cc1ccccc1.c1ccc(CNCc2ccccc2)cc1. The molecule has 1 unspecified atom stereocenters. The molecule has 0 amide bonds. The van der Waals surface area contributed by atoms with Crippen molar-refractivity contribution in [1.29, 1.82) is 0 Å². The summed E-state index contributed by atoms with van der Waals surface area (Å²) in [5.74, 6) is 0. The molecule has 0 fully saturated rings. The lowest BCUT2D eigenvalue weighted by Gasteiger charge is -2.04. The van der Waals surface area contributed by atoms with Gasteiger partial charge in [-0.3, -0.25) is 0 Å². The first-order valence-electron chi connectivity index (χ1n) is 8.82. The number of nitrogens with two attached hydrogens (primary N) is 1. The smallest absolute Gasteiger partial charge is 0.0208 e. The lowest BCUT2D eigenvalue weighted by Crippen LogP contribution is -2.17. The van der Waals surface area contributed by atoms with Gasteiger partial charge in [0, 0.05) is 19.1 Å². The minimum Gasteiger partial charge on any atom is -0.328 e. The van der Waals surface area contributed by atoms with Crippen LogP contribution in [0.5, 0.6) is 0 Å². The molecule has 0 saturated carbocycles. The second kappa shape index (κ2) is 11.2. The highest BCUT2D eigenvalue weighted by Crippen LogP contribution is 2.01. The third-order valence-corrected chi connectivity index (χ3v) is 3.74. The molecule has 0 spiro atoms. The van der Waals surface area contributed by atoms with E-state index in [0.717, 1.165) is 19.5 Å². The van der Waals surface area contributed by atoms with Gasteiger partial charge in [-0.25, -0.2) is 0 Å². The van der Waals surface area contributed by atoms with E-state index in [1.54, 1.807) is 0 Å². The minimum absolute atomic E-state index is 0.266. The molecule has 0 radical (unpaired) electrons. The fraction of sp³-hybridized carbons (Fsp3) is 0.217. The number of benzene rings is 3. The van der Waals surface area contributed by atoms with Crippen LogP contribution >= 0.6 is 0 Å². The third-order valence-electron chi connectivity index (χ3n) is 3.74. The van der Waals surface area contributed by atoms with Gasteiger partial charge in [0.05, 0.1) is 0 Å². The summed E-state index contributed by atoms with van der Waals surface area (Å²) in [6.07, 6.45) is 0.973. The lowest BCUT2D eigenvalue weighted by molar-refractivity contribution is 0.693. The van der Waals surface area contributed by atoms with Crippen LogP contribution in [0.4, 0.5) is 0 Å². The van der Waals surface area contributed by atoms with Crippen LogP contribution in [0.25, 0.3) is 0 Å². The molecule has 0 bridgehead atoms. The number of rotatable bonds is 6. The van der Waals surface area contributed by atoms with Crippen molar-refractivity contribution in [2.75, 3.05) is 0 Å². The average molecular weight is 332 g/mol. The van der Waals surface area contributed by atoms with Crippen molar-refractivity contribution in [3.63, 3.8) is 0 Å². The summed E-state index contributed by atoms with van der Waals surface area (Å²) in [5, 5.41) is 3.42. The molecule has 2 nitrogen and oxygen atoms in total. The molecule has 0 aromatic heterocycles. The Hall–Kier alpha value is -2.42. The average Bonchev–Trinajstić information content (AvgIpc) is 2.64. The molecule has 0 heterocycles. The molecule has 3 aromatic rings. The summed E-state index contributed by atoms with van der Waals surface area (Å²) in [5.41, 5.74) is 9.60. The normalized spacial score (nSPS) is 11.3. The number of hydrogen-bond donors (Lipinski definition) is 2. The Morgan fingerprint density at radius 1 is 0.640 bits per heavy atom. The van der Waals surface area contributed by atoms with E-state index in [0.29, 0.717) is 0 Å². The molecule has 0 saturated heterocycles. The maximum atomic E-state index is 5.62. The monoisotopic (exact) mass is 332 g/mol. The topological polar surface area (TPSA) is 38.0 Å². The standard InChI is InChI=1S/C14H15N.C9H13N/c1-3-7-13(8-4-1)11-15-12-14-9-5-2-6-10-14;1-8(10)7-9-5-3-2-4-6-9/h1-10,15H,11-12H2;2-6,8H,7,10H2,1H3. The quantitative estimate of drug-likeness (QED) is 0.695. The van der Waals surface area contributed by atoms with Crippen molar-refractivity contribution in [3.8, 4) is 0 Å². The largest absolute Gasteiger partial charge is 0.328 e. The Kier molecular flexibility index (Phi) is 8.46. The van der Waals surface area contributed by atoms with E-state index in [2.05, 4.69) is 66.0 Å². The Morgan fingerprint density at radius 3 is 1.36 bits per heavy atom. The second-order valence-electron chi connectivity index (χ2n) is 6.24. The van der Waals surface area contributed by atoms with Crippen LogP contribution < -0.4 is 11.1 Å². The summed E-state index contributed by atoms with van der Waals surface area (Å²) in [6, 6.07) is 31.5. The summed E-state index contributed by atoms with van der Waals surface area (Å²) < 4.78 is 0. The van der Waals surface area contributed by atoms with Crippen LogP contribution in [0.3, 0.4) is 0 Å².